The number of esters is 1. The van der Waals surface area contributed by atoms with E-state index in [0.29, 0.717) is 0 Å². The Kier molecular flexibility index (Phi) is 9.33. The van der Waals surface area contributed by atoms with Crippen molar-refractivity contribution in [3.05, 3.63) is 12.2 Å². The Morgan fingerprint density at radius 3 is 1.39 bits per heavy atom. The molecular formula is C16H18F12O5. The normalized spacial score (nSPS) is 16.4. The van der Waals surface area contributed by atoms with Crippen LogP contribution in [0, 0.1) is 0 Å². The lowest BCUT2D eigenvalue weighted by Gasteiger charge is -2.41. The van der Waals surface area contributed by atoms with Crippen LogP contribution in [0.15, 0.2) is 12.2 Å². The third-order valence-electron chi connectivity index (χ3n) is 4.05. The standard InChI is InChI=1S/C16H18F12O5/c1-7(2)10(32)33-6-9(31)4-12(19,20)14(23,24)16(27,28)15(25,26)13(21,22)11(17,18)3-8(30)5-29/h8-9,29-31H,1,3-6H2,2H3. The zero-order chi connectivity index (χ0) is 26.8. The first-order chi connectivity index (χ1) is 14.4. The monoisotopic (exact) mass is 518 g/mol. The first-order valence-corrected chi connectivity index (χ1v) is 8.49. The molecule has 0 rings (SSSR count). The molecule has 2 unspecified atom stereocenters. The van der Waals surface area contributed by atoms with Crippen molar-refractivity contribution in [2.75, 3.05) is 13.2 Å². The lowest BCUT2D eigenvalue weighted by molar-refractivity contribution is -0.427. The summed E-state index contributed by atoms with van der Waals surface area (Å²) >= 11 is 0. The van der Waals surface area contributed by atoms with Crippen LogP contribution in [0.25, 0.3) is 0 Å². The minimum atomic E-state index is -7.85. The highest BCUT2D eigenvalue weighted by Crippen LogP contribution is 2.61. The highest BCUT2D eigenvalue weighted by Gasteiger charge is 2.89. The van der Waals surface area contributed by atoms with Gasteiger partial charge in [0.05, 0.1) is 18.8 Å². The number of hydrogen-bond donors (Lipinski definition) is 3. The number of carbonyl (C=O) groups is 1. The predicted octanol–water partition coefficient (Wildman–Crippen LogP) is 3.41. The lowest BCUT2D eigenvalue weighted by Crippen LogP contribution is -2.71. The van der Waals surface area contributed by atoms with Crippen molar-refractivity contribution < 1.29 is 77.5 Å². The Morgan fingerprint density at radius 1 is 0.758 bits per heavy atom. The van der Waals surface area contributed by atoms with Crippen molar-refractivity contribution >= 4 is 5.97 Å². The average Bonchev–Trinajstić information content (AvgIpc) is 2.64. The van der Waals surface area contributed by atoms with Gasteiger partial charge in [-0.3, -0.25) is 0 Å². The summed E-state index contributed by atoms with van der Waals surface area (Å²) in [4.78, 5) is 11.0. The Hall–Kier alpha value is -1.75. The van der Waals surface area contributed by atoms with E-state index in [1.54, 1.807) is 0 Å². The lowest BCUT2D eigenvalue weighted by atomic mass is 9.88. The molecule has 0 amide bonds. The fraction of sp³-hybridized carbons (Fsp3) is 0.812. The Bertz CT molecular complexity index is 710. The minimum absolute atomic E-state index is 0.389. The zero-order valence-corrected chi connectivity index (χ0v) is 16.4. The number of aliphatic hydroxyl groups excluding tert-OH is 3. The maximum atomic E-state index is 13.7. The third-order valence-corrected chi connectivity index (χ3v) is 4.05. The molecule has 0 aliphatic heterocycles. The molecule has 5 nitrogen and oxygen atoms in total. The van der Waals surface area contributed by atoms with Crippen molar-refractivity contribution in [1.82, 2.24) is 0 Å². The molecule has 0 saturated heterocycles. The molecule has 0 aromatic heterocycles. The first kappa shape index (κ1) is 31.2. The molecular weight excluding hydrogens is 500 g/mol. The molecule has 0 radical (unpaired) electrons. The van der Waals surface area contributed by atoms with E-state index in [9.17, 15) is 62.6 Å². The number of halogens is 12. The van der Waals surface area contributed by atoms with Crippen molar-refractivity contribution in [2.45, 2.75) is 67.5 Å². The van der Waals surface area contributed by atoms with Gasteiger partial charge in [-0.15, -0.1) is 0 Å². The van der Waals surface area contributed by atoms with Gasteiger partial charge in [-0.05, 0) is 6.92 Å². The zero-order valence-electron chi connectivity index (χ0n) is 16.4. The van der Waals surface area contributed by atoms with Crippen LogP contribution in [0.5, 0.6) is 0 Å². The number of ether oxygens (including phenoxy) is 1. The first-order valence-electron chi connectivity index (χ1n) is 8.49. The third kappa shape index (κ3) is 5.85. The maximum Gasteiger partial charge on any atom is 0.384 e. The largest absolute Gasteiger partial charge is 0.460 e. The molecule has 0 fully saturated rings. The van der Waals surface area contributed by atoms with Crippen molar-refractivity contribution in [3.8, 4) is 0 Å². The van der Waals surface area contributed by atoms with Crippen LogP contribution in [-0.4, -0.2) is 82.2 Å². The van der Waals surface area contributed by atoms with Gasteiger partial charge in [-0.1, -0.05) is 6.58 Å². The summed E-state index contributed by atoms with van der Waals surface area (Å²) in [6.45, 7) is 0.696. The molecule has 196 valence electrons. The molecule has 0 aliphatic carbocycles. The molecule has 0 saturated carbocycles. The summed E-state index contributed by atoms with van der Waals surface area (Å²) in [6, 6.07) is 0. The average molecular weight is 518 g/mol. The number of carbonyl (C=O) groups excluding carboxylic acids is 1. The van der Waals surface area contributed by atoms with Gasteiger partial charge in [0, 0.05) is 18.4 Å². The molecule has 0 bridgehead atoms. The summed E-state index contributed by atoms with van der Waals surface area (Å²) in [5.74, 6) is -44.8. The number of aliphatic hydroxyl groups is 3. The molecule has 3 N–H and O–H groups in total. The van der Waals surface area contributed by atoms with Gasteiger partial charge in [0.15, 0.2) is 0 Å². The van der Waals surface area contributed by atoms with Gasteiger partial charge in [0.2, 0.25) is 0 Å². The summed E-state index contributed by atoms with van der Waals surface area (Å²) in [5, 5.41) is 26.2. The predicted molar refractivity (Wildman–Crippen MR) is 83.8 cm³/mol. The van der Waals surface area contributed by atoms with E-state index in [1.165, 1.54) is 0 Å². The van der Waals surface area contributed by atoms with Gasteiger partial charge in [-0.2, -0.15) is 52.7 Å². The Balaban J connectivity index is 6.00. The molecule has 2 atom stereocenters. The second-order valence-electron chi connectivity index (χ2n) is 6.98. The van der Waals surface area contributed by atoms with E-state index < -0.39 is 79.8 Å². The fourth-order valence-electron chi connectivity index (χ4n) is 2.12. The van der Waals surface area contributed by atoms with Gasteiger partial charge in [-0.25, -0.2) is 4.79 Å². The van der Waals surface area contributed by atoms with E-state index in [0.717, 1.165) is 6.92 Å². The van der Waals surface area contributed by atoms with Crippen LogP contribution < -0.4 is 0 Å². The number of hydrogen-bond acceptors (Lipinski definition) is 5. The molecule has 17 heteroatoms. The summed E-state index contributed by atoms with van der Waals surface area (Å²) in [5.41, 5.74) is -0.389. The van der Waals surface area contributed by atoms with Crippen LogP contribution in [0.3, 0.4) is 0 Å². The Morgan fingerprint density at radius 2 is 1.09 bits per heavy atom. The summed E-state index contributed by atoms with van der Waals surface area (Å²) < 4.78 is 168. The smallest absolute Gasteiger partial charge is 0.384 e. The van der Waals surface area contributed by atoms with Crippen LogP contribution in [0.2, 0.25) is 0 Å². The highest BCUT2D eigenvalue weighted by molar-refractivity contribution is 5.86. The number of rotatable bonds is 13. The SMILES string of the molecule is C=C(C)C(=O)OCC(O)CC(F)(F)C(F)(F)C(F)(F)C(F)(F)C(F)(F)C(F)(F)CC(O)CO. The van der Waals surface area contributed by atoms with Crippen LogP contribution in [0.4, 0.5) is 52.7 Å². The van der Waals surface area contributed by atoms with E-state index in [4.69, 9.17) is 10.2 Å². The second-order valence-corrected chi connectivity index (χ2v) is 6.98. The van der Waals surface area contributed by atoms with Crippen LogP contribution in [0.1, 0.15) is 19.8 Å². The van der Waals surface area contributed by atoms with E-state index in [-0.39, 0.29) is 5.57 Å². The van der Waals surface area contributed by atoms with Crippen LogP contribution in [-0.2, 0) is 9.53 Å². The van der Waals surface area contributed by atoms with Crippen molar-refractivity contribution in [1.29, 1.82) is 0 Å². The Labute approximate surface area is 177 Å². The highest BCUT2D eigenvalue weighted by atomic mass is 19.4. The van der Waals surface area contributed by atoms with E-state index in [1.807, 2.05) is 0 Å². The fourth-order valence-corrected chi connectivity index (χ4v) is 2.12. The van der Waals surface area contributed by atoms with Crippen LogP contribution >= 0.6 is 0 Å². The molecule has 0 heterocycles. The van der Waals surface area contributed by atoms with Gasteiger partial charge < -0.3 is 20.1 Å². The molecule has 0 aromatic carbocycles. The summed E-state index contributed by atoms with van der Waals surface area (Å²) in [7, 11) is 0. The van der Waals surface area contributed by atoms with Gasteiger partial charge >= 0.3 is 41.5 Å². The molecule has 0 aromatic rings. The van der Waals surface area contributed by atoms with E-state index in [2.05, 4.69) is 11.3 Å². The maximum absolute atomic E-state index is 13.7. The molecule has 0 spiro atoms. The quantitative estimate of drug-likeness (QED) is 0.198. The molecule has 0 aliphatic rings. The van der Waals surface area contributed by atoms with Crippen molar-refractivity contribution in [2.24, 2.45) is 0 Å². The minimum Gasteiger partial charge on any atom is -0.460 e. The number of alkyl halides is 12. The van der Waals surface area contributed by atoms with Gasteiger partial charge in [0.25, 0.3) is 0 Å². The summed E-state index contributed by atoms with van der Waals surface area (Å²) in [6.07, 6.45) is -11.5. The topological polar surface area (TPSA) is 87.0 Å². The van der Waals surface area contributed by atoms with E-state index >= 15 is 0 Å². The second kappa shape index (κ2) is 9.85. The van der Waals surface area contributed by atoms with Gasteiger partial charge in [0.1, 0.15) is 6.61 Å². The molecule has 33 heavy (non-hydrogen) atoms. The van der Waals surface area contributed by atoms with Crippen molar-refractivity contribution in [3.63, 3.8) is 0 Å².